The van der Waals surface area contributed by atoms with E-state index in [0.29, 0.717) is 32.9 Å². The van der Waals surface area contributed by atoms with Gasteiger partial charge in [0.05, 0.1) is 21.8 Å². The maximum Gasteiger partial charge on any atom is 0.259 e. The summed E-state index contributed by atoms with van der Waals surface area (Å²) in [5.41, 5.74) is 0.902. The lowest BCUT2D eigenvalue weighted by Crippen LogP contribution is -2.34. The van der Waals surface area contributed by atoms with E-state index in [2.05, 4.69) is 20.9 Å². The summed E-state index contributed by atoms with van der Waals surface area (Å²) in [7, 11) is 0. The van der Waals surface area contributed by atoms with E-state index in [1.165, 1.54) is 12.3 Å². The van der Waals surface area contributed by atoms with E-state index in [1.807, 2.05) is 18.4 Å². The zero-order chi connectivity index (χ0) is 24.8. The highest BCUT2D eigenvalue weighted by Gasteiger charge is 2.21. The Labute approximate surface area is 217 Å². The molecular weight excluding hydrogens is 507 g/mol. The minimum atomic E-state index is -0.471. The summed E-state index contributed by atoms with van der Waals surface area (Å²) in [5.74, 6) is -0.0161. The SMILES string of the molecule is CSc1ccc(C(=O)Nc2ccc(Cl)cc2C(=O)Nc2ccc(Cl)cn2)c(OC2CCNCC2)c1. The summed E-state index contributed by atoms with van der Waals surface area (Å²) >= 11 is 13.6. The van der Waals surface area contributed by atoms with Crippen molar-refractivity contribution in [3.8, 4) is 5.75 Å². The molecule has 0 radical (unpaired) electrons. The van der Waals surface area contributed by atoms with Crippen molar-refractivity contribution in [1.29, 1.82) is 0 Å². The van der Waals surface area contributed by atoms with Crippen LogP contribution in [0.5, 0.6) is 5.75 Å². The van der Waals surface area contributed by atoms with Crippen molar-refractivity contribution >= 4 is 58.3 Å². The van der Waals surface area contributed by atoms with Gasteiger partial charge >= 0.3 is 0 Å². The summed E-state index contributed by atoms with van der Waals surface area (Å²) in [6.07, 6.45) is 5.16. The molecule has 182 valence electrons. The fourth-order valence-corrected chi connectivity index (χ4v) is 4.36. The molecule has 2 heterocycles. The van der Waals surface area contributed by atoms with Crippen LogP contribution in [0.2, 0.25) is 10.0 Å². The zero-order valence-corrected chi connectivity index (χ0v) is 21.3. The lowest BCUT2D eigenvalue weighted by atomic mass is 10.1. The summed E-state index contributed by atoms with van der Waals surface area (Å²) < 4.78 is 6.24. The monoisotopic (exact) mass is 530 g/mol. The van der Waals surface area contributed by atoms with Crippen LogP contribution >= 0.6 is 35.0 Å². The number of amides is 2. The molecule has 0 unspecified atom stereocenters. The number of benzene rings is 2. The number of hydrogen-bond donors (Lipinski definition) is 3. The van der Waals surface area contributed by atoms with Crippen molar-refractivity contribution in [2.45, 2.75) is 23.8 Å². The number of ether oxygens (including phenoxy) is 1. The first-order valence-corrected chi connectivity index (χ1v) is 13.0. The Bertz CT molecular complexity index is 1220. The molecule has 2 aromatic carbocycles. The molecule has 1 saturated heterocycles. The molecule has 0 bridgehead atoms. The number of piperidine rings is 1. The molecule has 35 heavy (non-hydrogen) atoms. The average Bonchev–Trinajstić information content (AvgIpc) is 2.87. The predicted molar refractivity (Wildman–Crippen MR) is 141 cm³/mol. The maximum absolute atomic E-state index is 13.3. The molecule has 3 N–H and O–H groups in total. The van der Waals surface area contributed by atoms with Crippen molar-refractivity contribution in [2.24, 2.45) is 0 Å². The fourth-order valence-electron chi connectivity index (χ4n) is 3.64. The highest BCUT2D eigenvalue weighted by molar-refractivity contribution is 7.98. The van der Waals surface area contributed by atoms with E-state index in [-0.39, 0.29) is 17.6 Å². The second-order valence-electron chi connectivity index (χ2n) is 7.89. The van der Waals surface area contributed by atoms with Gasteiger partial charge in [0.2, 0.25) is 0 Å². The Morgan fingerprint density at radius 2 is 1.71 bits per heavy atom. The number of hydrogen-bond acceptors (Lipinski definition) is 6. The van der Waals surface area contributed by atoms with Gasteiger partial charge in [-0.25, -0.2) is 4.98 Å². The van der Waals surface area contributed by atoms with Gasteiger partial charge in [-0.1, -0.05) is 23.2 Å². The van der Waals surface area contributed by atoms with Gasteiger partial charge in [-0.05, 0) is 80.7 Å². The molecule has 2 amide bonds. The van der Waals surface area contributed by atoms with Crippen LogP contribution in [-0.2, 0) is 0 Å². The van der Waals surface area contributed by atoms with Crippen molar-refractivity contribution in [2.75, 3.05) is 30.0 Å². The number of anilines is 2. The van der Waals surface area contributed by atoms with Gasteiger partial charge in [0, 0.05) is 16.1 Å². The third-order valence-corrected chi connectivity index (χ3v) is 6.64. The largest absolute Gasteiger partial charge is 0.489 e. The molecule has 0 aliphatic carbocycles. The minimum absolute atomic E-state index is 0.0312. The molecule has 10 heteroatoms. The first-order valence-electron chi connectivity index (χ1n) is 11.0. The fraction of sp³-hybridized carbons (Fsp3) is 0.240. The molecule has 1 aliphatic rings. The Morgan fingerprint density at radius 3 is 2.43 bits per heavy atom. The third kappa shape index (κ3) is 6.67. The van der Waals surface area contributed by atoms with Crippen LogP contribution in [0.15, 0.2) is 59.6 Å². The molecule has 0 spiro atoms. The number of rotatable bonds is 7. The standard InChI is InChI=1S/C25H24Cl2N4O3S/c1-35-18-4-5-19(22(13-18)34-17-8-10-28-11-9-17)24(32)30-21-6-2-15(26)12-20(21)25(33)31-23-7-3-16(27)14-29-23/h2-7,12-14,17,28H,8-11H2,1H3,(H,30,32)(H,29,31,33). The normalized spacial score (nSPS) is 13.8. The number of halogens is 2. The summed E-state index contributed by atoms with van der Waals surface area (Å²) in [6.45, 7) is 1.75. The van der Waals surface area contributed by atoms with Crippen LogP contribution in [-0.4, -0.2) is 42.2 Å². The molecule has 1 fully saturated rings. The molecule has 7 nitrogen and oxygen atoms in total. The van der Waals surface area contributed by atoms with Crippen molar-refractivity contribution in [3.63, 3.8) is 0 Å². The number of pyridine rings is 1. The zero-order valence-electron chi connectivity index (χ0n) is 18.9. The predicted octanol–water partition coefficient (Wildman–Crippen LogP) is 5.75. The summed E-state index contributed by atoms with van der Waals surface area (Å²) in [5, 5.41) is 9.66. The quantitative estimate of drug-likeness (QED) is 0.337. The number of carbonyl (C=O) groups excluding carboxylic acids is 2. The van der Waals surface area contributed by atoms with Gasteiger partial charge in [0.1, 0.15) is 17.7 Å². The van der Waals surface area contributed by atoms with Gasteiger partial charge in [-0.15, -0.1) is 11.8 Å². The van der Waals surface area contributed by atoms with Crippen LogP contribution in [0.3, 0.4) is 0 Å². The Kier molecular flexibility index (Phi) is 8.51. The van der Waals surface area contributed by atoms with Crippen LogP contribution in [0, 0.1) is 0 Å². The minimum Gasteiger partial charge on any atom is -0.489 e. The van der Waals surface area contributed by atoms with Crippen molar-refractivity contribution < 1.29 is 14.3 Å². The van der Waals surface area contributed by atoms with Crippen LogP contribution in [0.4, 0.5) is 11.5 Å². The smallest absolute Gasteiger partial charge is 0.259 e. The van der Waals surface area contributed by atoms with Crippen LogP contribution in [0.25, 0.3) is 0 Å². The molecule has 0 saturated carbocycles. The highest BCUT2D eigenvalue weighted by atomic mass is 35.5. The van der Waals surface area contributed by atoms with E-state index in [9.17, 15) is 9.59 Å². The van der Waals surface area contributed by atoms with E-state index < -0.39 is 5.91 Å². The Morgan fingerprint density at radius 1 is 0.971 bits per heavy atom. The number of nitrogens with zero attached hydrogens (tertiary/aromatic N) is 1. The molecule has 1 aliphatic heterocycles. The number of aromatic nitrogens is 1. The second-order valence-corrected chi connectivity index (χ2v) is 9.64. The van der Waals surface area contributed by atoms with E-state index >= 15 is 0 Å². The van der Waals surface area contributed by atoms with Gasteiger partial charge in [0.25, 0.3) is 11.8 Å². The highest BCUT2D eigenvalue weighted by Crippen LogP contribution is 2.30. The summed E-state index contributed by atoms with van der Waals surface area (Å²) in [4.78, 5) is 31.4. The van der Waals surface area contributed by atoms with Crippen LogP contribution < -0.4 is 20.7 Å². The van der Waals surface area contributed by atoms with Crippen LogP contribution in [0.1, 0.15) is 33.6 Å². The van der Waals surface area contributed by atoms with E-state index in [0.717, 1.165) is 30.8 Å². The topological polar surface area (TPSA) is 92.4 Å². The van der Waals surface area contributed by atoms with Gasteiger partial charge in [-0.2, -0.15) is 0 Å². The number of thioether (sulfide) groups is 1. The van der Waals surface area contributed by atoms with Crippen molar-refractivity contribution in [3.05, 3.63) is 75.9 Å². The van der Waals surface area contributed by atoms with E-state index in [4.69, 9.17) is 27.9 Å². The molecule has 4 rings (SSSR count). The molecule has 0 atom stereocenters. The van der Waals surface area contributed by atoms with E-state index in [1.54, 1.807) is 42.1 Å². The lowest BCUT2D eigenvalue weighted by molar-refractivity contribution is 0.101. The Hall–Kier alpha value is -2.78. The van der Waals surface area contributed by atoms with Crippen molar-refractivity contribution in [1.82, 2.24) is 10.3 Å². The van der Waals surface area contributed by atoms with Gasteiger partial charge < -0.3 is 20.7 Å². The van der Waals surface area contributed by atoms with Gasteiger partial charge in [-0.3, -0.25) is 9.59 Å². The Balaban J connectivity index is 1.58. The summed E-state index contributed by atoms with van der Waals surface area (Å²) in [6, 6.07) is 13.4. The number of nitrogens with one attached hydrogen (secondary N) is 3. The second kappa shape index (κ2) is 11.8. The first kappa shape index (κ1) is 25.3. The maximum atomic E-state index is 13.3. The first-order chi connectivity index (χ1) is 16.9. The molecular formula is C25H24Cl2N4O3S. The third-order valence-electron chi connectivity index (χ3n) is 5.46. The average molecular weight is 531 g/mol. The van der Waals surface area contributed by atoms with Gasteiger partial charge in [0.15, 0.2) is 0 Å². The number of carbonyl (C=O) groups is 2. The molecule has 3 aromatic rings. The molecule has 1 aromatic heterocycles. The lowest BCUT2D eigenvalue weighted by Gasteiger charge is -2.25.